The van der Waals surface area contributed by atoms with E-state index in [0.717, 1.165) is 42.7 Å². The molecule has 0 atom stereocenters. The van der Waals surface area contributed by atoms with E-state index in [4.69, 9.17) is 14.6 Å². The van der Waals surface area contributed by atoms with Crippen LogP contribution in [0.3, 0.4) is 0 Å². The summed E-state index contributed by atoms with van der Waals surface area (Å²) in [5.41, 5.74) is 2.02. The summed E-state index contributed by atoms with van der Waals surface area (Å²) in [6.45, 7) is 4.18. The van der Waals surface area contributed by atoms with E-state index in [1.165, 1.54) is 11.6 Å². The number of methoxy groups -OCH3 is 2. The summed E-state index contributed by atoms with van der Waals surface area (Å²) < 4.78 is 10.5. The van der Waals surface area contributed by atoms with Crippen LogP contribution in [0.1, 0.15) is 37.8 Å². The van der Waals surface area contributed by atoms with Crippen molar-refractivity contribution in [3.8, 4) is 23.0 Å². The molecule has 0 saturated carbocycles. The van der Waals surface area contributed by atoms with Crippen LogP contribution in [-0.2, 0) is 12.8 Å². The Morgan fingerprint density at radius 2 is 1.38 bits per heavy atom. The number of phenols is 2. The molecule has 0 bridgehead atoms. The number of benzene rings is 2. The first-order valence-corrected chi connectivity index (χ1v) is 8.28. The highest BCUT2D eigenvalue weighted by Gasteiger charge is 2.07. The lowest BCUT2D eigenvalue weighted by atomic mass is 10.1. The van der Waals surface area contributed by atoms with E-state index in [1.807, 2.05) is 25.1 Å². The van der Waals surface area contributed by atoms with Crippen LogP contribution >= 0.6 is 0 Å². The molecule has 0 unspecified atom stereocenters. The van der Waals surface area contributed by atoms with Crippen LogP contribution in [-0.4, -0.2) is 24.4 Å². The van der Waals surface area contributed by atoms with E-state index in [9.17, 15) is 5.11 Å². The van der Waals surface area contributed by atoms with Gasteiger partial charge < -0.3 is 19.7 Å². The number of ether oxygens (including phenoxy) is 2. The summed E-state index contributed by atoms with van der Waals surface area (Å²) in [5, 5.41) is 18.4. The molecule has 132 valence electrons. The van der Waals surface area contributed by atoms with E-state index in [0.29, 0.717) is 0 Å². The Balaban J connectivity index is 0.000000243. The number of para-hydroxylation sites is 2. The van der Waals surface area contributed by atoms with Crippen LogP contribution in [0.5, 0.6) is 23.0 Å². The lowest BCUT2D eigenvalue weighted by Gasteiger charge is -2.11. The summed E-state index contributed by atoms with van der Waals surface area (Å²) in [6.07, 6.45) is 3.92. The Morgan fingerprint density at radius 3 is 1.96 bits per heavy atom. The second-order valence-corrected chi connectivity index (χ2v) is 5.44. The number of phenolic OH excluding ortho intramolecular Hbond substituents is 2. The number of hydrogen-bond donors (Lipinski definition) is 2. The molecule has 0 aliphatic carbocycles. The third-order valence-electron chi connectivity index (χ3n) is 3.62. The molecule has 0 radical (unpaired) electrons. The van der Waals surface area contributed by atoms with Gasteiger partial charge in [0.15, 0.2) is 23.0 Å². The number of aromatic hydroxyl groups is 2. The Kier molecular flexibility index (Phi) is 8.55. The highest BCUT2D eigenvalue weighted by atomic mass is 16.5. The van der Waals surface area contributed by atoms with Crippen molar-refractivity contribution >= 4 is 0 Å². The molecule has 2 rings (SSSR count). The Labute approximate surface area is 144 Å². The molecule has 0 heterocycles. The molecule has 0 aromatic heterocycles. The molecule has 4 heteroatoms. The quantitative estimate of drug-likeness (QED) is 0.752. The predicted octanol–water partition coefficient (Wildman–Crippen LogP) is 4.71. The third kappa shape index (κ3) is 5.37. The maximum atomic E-state index is 9.28. The van der Waals surface area contributed by atoms with E-state index in [1.54, 1.807) is 20.3 Å². The molecule has 0 aliphatic heterocycles. The van der Waals surface area contributed by atoms with Crippen molar-refractivity contribution in [1.82, 2.24) is 0 Å². The Hall–Kier alpha value is -2.36. The minimum absolute atomic E-state index is 0.0225. The topological polar surface area (TPSA) is 58.9 Å². The van der Waals surface area contributed by atoms with Crippen LogP contribution in [0.2, 0.25) is 0 Å². The van der Waals surface area contributed by atoms with Gasteiger partial charge in [-0.15, -0.1) is 0 Å². The van der Waals surface area contributed by atoms with Gasteiger partial charge in [0.2, 0.25) is 0 Å². The van der Waals surface area contributed by atoms with Gasteiger partial charge in [-0.2, -0.15) is 0 Å². The molecule has 2 N–H and O–H groups in total. The van der Waals surface area contributed by atoms with Crippen LogP contribution in [0.25, 0.3) is 0 Å². The van der Waals surface area contributed by atoms with E-state index in [-0.39, 0.29) is 11.5 Å². The first kappa shape index (κ1) is 19.7. The summed E-state index contributed by atoms with van der Waals surface area (Å²) in [5.74, 6) is 1.67. The highest BCUT2D eigenvalue weighted by molar-refractivity contribution is 5.46. The molecule has 0 aliphatic rings. The van der Waals surface area contributed by atoms with Gasteiger partial charge in [-0.3, -0.25) is 0 Å². The minimum atomic E-state index is -0.0315. The van der Waals surface area contributed by atoms with Crippen LogP contribution in [0, 0.1) is 0 Å². The second-order valence-electron chi connectivity index (χ2n) is 5.44. The van der Waals surface area contributed by atoms with Crippen molar-refractivity contribution in [2.24, 2.45) is 0 Å². The normalized spacial score (nSPS) is 9.83. The van der Waals surface area contributed by atoms with E-state index >= 15 is 0 Å². The summed E-state index contributed by atoms with van der Waals surface area (Å²) in [6, 6.07) is 11.0. The minimum Gasteiger partial charge on any atom is -0.504 e. The maximum absolute atomic E-state index is 9.28. The summed E-state index contributed by atoms with van der Waals surface area (Å²) in [4.78, 5) is 0. The molecule has 2 aromatic rings. The fourth-order valence-corrected chi connectivity index (χ4v) is 2.47. The molecule has 0 amide bonds. The Bertz CT molecular complexity index is 623. The van der Waals surface area contributed by atoms with Crippen molar-refractivity contribution in [2.75, 3.05) is 14.2 Å². The zero-order valence-electron chi connectivity index (χ0n) is 15.0. The van der Waals surface area contributed by atoms with Gasteiger partial charge in [0.25, 0.3) is 0 Å². The maximum Gasteiger partial charge on any atom is 0.163 e. The number of hydrogen-bond acceptors (Lipinski definition) is 4. The predicted molar refractivity (Wildman–Crippen MR) is 97.3 cm³/mol. The van der Waals surface area contributed by atoms with E-state index in [2.05, 4.69) is 13.0 Å². The molecule has 0 fully saturated rings. The molecular weight excluding hydrogens is 304 g/mol. The van der Waals surface area contributed by atoms with Crippen molar-refractivity contribution < 1.29 is 19.7 Å². The van der Waals surface area contributed by atoms with E-state index < -0.39 is 0 Å². The number of aryl methyl sites for hydroxylation is 2. The average Bonchev–Trinajstić information content (AvgIpc) is 2.60. The van der Waals surface area contributed by atoms with Crippen molar-refractivity contribution in [1.29, 1.82) is 0 Å². The highest BCUT2D eigenvalue weighted by Crippen LogP contribution is 2.31. The fourth-order valence-electron chi connectivity index (χ4n) is 2.47. The lowest BCUT2D eigenvalue weighted by molar-refractivity contribution is 0.351. The first-order chi connectivity index (χ1) is 11.6. The van der Waals surface area contributed by atoms with Gasteiger partial charge in [-0.1, -0.05) is 51.0 Å². The Morgan fingerprint density at radius 1 is 0.792 bits per heavy atom. The molecule has 24 heavy (non-hydrogen) atoms. The molecule has 0 spiro atoms. The molecular formula is C20H28O4. The smallest absolute Gasteiger partial charge is 0.163 e. The fraction of sp³-hybridized carbons (Fsp3) is 0.400. The molecule has 4 nitrogen and oxygen atoms in total. The zero-order chi connectivity index (χ0) is 17.9. The molecule has 2 aromatic carbocycles. The van der Waals surface area contributed by atoms with Crippen molar-refractivity contribution in [3.05, 3.63) is 47.5 Å². The number of rotatable bonds is 6. The van der Waals surface area contributed by atoms with Gasteiger partial charge in [0.1, 0.15) is 0 Å². The van der Waals surface area contributed by atoms with Crippen molar-refractivity contribution in [2.45, 2.75) is 39.5 Å². The van der Waals surface area contributed by atoms with Crippen molar-refractivity contribution in [3.63, 3.8) is 0 Å². The zero-order valence-corrected chi connectivity index (χ0v) is 15.0. The first-order valence-electron chi connectivity index (χ1n) is 8.28. The summed E-state index contributed by atoms with van der Waals surface area (Å²) in [7, 11) is 3.34. The largest absolute Gasteiger partial charge is 0.504 e. The average molecular weight is 332 g/mol. The van der Waals surface area contributed by atoms with Crippen LogP contribution < -0.4 is 9.47 Å². The van der Waals surface area contributed by atoms with Gasteiger partial charge >= 0.3 is 0 Å². The monoisotopic (exact) mass is 332 g/mol. The van der Waals surface area contributed by atoms with Gasteiger partial charge in [0, 0.05) is 0 Å². The lowest BCUT2D eigenvalue weighted by Crippen LogP contribution is -1.95. The van der Waals surface area contributed by atoms with Gasteiger partial charge in [-0.05, 0) is 36.1 Å². The third-order valence-corrected chi connectivity index (χ3v) is 3.62. The van der Waals surface area contributed by atoms with Crippen LogP contribution in [0.4, 0.5) is 0 Å². The van der Waals surface area contributed by atoms with Crippen LogP contribution in [0.15, 0.2) is 36.4 Å². The summed E-state index contributed by atoms with van der Waals surface area (Å²) >= 11 is 0. The van der Waals surface area contributed by atoms with Gasteiger partial charge in [-0.25, -0.2) is 0 Å². The SMILES string of the molecule is CCCc1cccc(O)c1O.CCCc1cccc(OC)c1OC. The molecule has 0 saturated heterocycles. The standard InChI is InChI=1S/C11H16O2.C9H12O2/c1-4-6-9-7-5-8-10(12-2)11(9)13-3;1-2-4-7-5-3-6-8(10)9(7)11/h5,7-8H,4,6H2,1-3H3;3,5-6,10-11H,2,4H2,1H3. The second kappa shape index (κ2) is 10.4. The van der Waals surface area contributed by atoms with Gasteiger partial charge in [0.05, 0.1) is 14.2 Å².